The smallest absolute Gasteiger partial charge is 0.142 e. The fraction of sp³-hybridized carbons (Fsp3) is 0.250. The first-order valence-corrected chi connectivity index (χ1v) is 4.22. The summed E-state index contributed by atoms with van der Waals surface area (Å²) in [5.41, 5.74) is 0.401. The van der Waals surface area contributed by atoms with Crippen LogP contribution >= 0.6 is 25.3 Å². The molecule has 66 valence electrons. The fourth-order valence-electron chi connectivity index (χ4n) is 0.893. The second kappa shape index (κ2) is 3.26. The quantitative estimate of drug-likeness (QED) is 0.598. The molecule has 0 saturated heterocycles. The van der Waals surface area contributed by atoms with Crippen molar-refractivity contribution in [3.05, 3.63) is 22.8 Å². The number of rotatable bonds is 0. The zero-order chi connectivity index (χ0) is 9.46. The van der Waals surface area contributed by atoms with Crippen molar-refractivity contribution in [1.82, 2.24) is 0 Å². The van der Waals surface area contributed by atoms with Crippen LogP contribution < -0.4 is 0 Å². The van der Waals surface area contributed by atoms with Gasteiger partial charge in [0.05, 0.1) is 0 Å². The van der Waals surface area contributed by atoms with Gasteiger partial charge >= 0.3 is 0 Å². The van der Waals surface area contributed by atoms with Crippen LogP contribution in [-0.2, 0) is 0 Å². The summed E-state index contributed by atoms with van der Waals surface area (Å²) >= 11 is 7.81. The van der Waals surface area contributed by atoms with Crippen LogP contribution in [0.3, 0.4) is 0 Å². The summed E-state index contributed by atoms with van der Waals surface area (Å²) in [6, 6.07) is 0. The molecule has 12 heavy (non-hydrogen) atoms. The summed E-state index contributed by atoms with van der Waals surface area (Å²) in [6.07, 6.45) is 0. The maximum absolute atomic E-state index is 13.1. The molecule has 1 rings (SSSR count). The molecule has 4 heteroatoms. The van der Waals surface area contributed by atoms with Crippen LogP contribution in [0.4, 0.5) is 8.78 Å². The Bertz CT molecular complexity index is 229. The molecule has 1 aromatic rings. The molecule has 1 aromatic carbocycles. The van der Waals surface area contributed by atoms with Gasteiger partial charge in [-0.2, -0.15) is 0 Å². The van der Waals surface area contributed by atoms with Gasteiger partial charge in [0, 0.05) is 15.4 Å². The summed E-state index contributed by atoms with van der Waals surface area (Å²) in [5, 5.41) is 0. The highest BCUT2D eigenvalue weighted by Crippen LogP contribution is 2.29. The second-order valence-corrected chi connectivity index (χ2v) is 3.47. The Morgan fingerprint density at radius 1 is 0.833 bits per heavy atom. The van der Waals surface area contributed by atoms with E-state index >= 15 is 0 Å². The Kier molecular flexibility index (Phi) is 2.68. The molecule has 0 bridgehead atoms. The van der Waals surface area contributed by atoms with E-state index in [1.54, 1.807) is 6.92 Å². The Balaban J connectivity index is 3.60. The minimum Gasteiger partial charge on any atom is -0.205 e. The van der Waals surface area contributed by atoms with E-state index in [2.05, 4.69) is 25.3 Å². The van der Waals surface area contributed by atoms with Crippen molar-refractivity contribution in [2.24, 2.45) is 0 Å². The normalized spacial score (nSPS) is 10.5. The van der Waals surface area contributed by atoms with Gasteiger partial charge in [-0.1, -0.05) is 0 Å². The Hall–Kier alpha value is -0.220. The molecule has 0 heterocycles. The number of halogens is 2. The largest absolute Gasteiger partial charge is 0.205 e. The molecule has 0 unspecified atom stereocenters. The molecule has 0 aliphatic rings. The van der Waals surface area contributed by atoms with Gasteiger partial charge < -0.3 is 0 Å². The summed E-state index contributed by atoms with van der Waals surface area (Å²) in [5.74, 6) is -1.21. The van der Waals surface area contributed by atoms with Crippen molar-refractivity contribution >= 4 is 25.3 Å². The number of hydrogen-bond donors (Lipinski definition) is 2. The number of benzene rings is 1. The molecule has 0 fully saturated rings. The van der Waals surface area contributed by atoms with Crippen LogP contribution in [-0.4, -0.2) is 0 Å². The standard InChI is InChI=1S/C8H8F2S2/c1-3-5(9)7(11)4(2)8(12)6(3)10/h11-12H,1-2H3. The van der Waals surface area contributed by atoms with E-state index in [1.165, 1.54) is 6.92 Å². The maximum atomic E-state index is 13.1. The summed E-state index contributed by atoms with van der Waals surface area (Å²) < 4.78 is 26.2. The molecule has 0 aromatic heterocycles. The zero-order valence-electron chi connectivity index (χ0n) is 6.65. The molecular formula is C8H8F2S2. The number of hydrogen-bond acceptors (Lipinski definition) is 2. The van der Waals surface area contributed by atoms with E-state index in [1.807, 2.05) is 0 Å². The van der Waals surface area contributed by atoms with Crippen molar-refractivity contribution < 1.29 is 8.78 Å². The van der Waals surface area contributed by atoms with Crippen molar-refractivity contribution in [2.75, 3.05) is 0 Å². The molecule has 0 spiro atoms. The van der Waals surface area contributed by atoms with Crippen LogP contribution in [0.25, 0.3) is 0 Å². The van der Waals surface area contributed by atoms with Gasteiger partial charge in [-0.3, -0.25) is 0 Å². The van der Waals surface area contributed by atoms with Crippen molar-refractivity contribution in [2.45, 2.75) is 23.6 Å². The minimum atomic E-state index is -0.605. The highest BCUT2D eigenvalue weighted by atomic mass is 32.1. The summed E-state index contributed by atoms with van der Waals surface area (Å²) in [7, 11) is 0. The second-order valence-electron chi connectivity index (χ2n) is 2.58. The lowest BCUT2D eigenvalue weighted by molar-refractivity contribution is 0.531. The third-order valence-corrected chi connectivity index (χ3v) is 2.85. The highest BCUT2D eigenvalue weighted by Gasteiger charge is 2.15. The van der Waals surface area contributed by atoms with Crippen molar-refractivity contribution in [3.63, 3.8) is 0 Å². The maximum Gasteiger partial charge on any atom is 0.142 e. The predicted molar refractivity (Wildman–Crippen MR) is 50.3 cm³/mol. The zero-order valence-corrected chi connectivity index (χ0v) is 8.44. The lowest BCUT2D eigenvalue weighted by Crippen LogP contribution is -1.96. The fourth-order valence-corrected chi connectivity index (χ4v) is 1.54. The summed E-state index contributed by atoms with van der Waals surface area (Å²) in [6.45, 7) is 2.94. The van der Waals surface area contributed by atoms with Crippen molar-refractivity contribution in [3.8, 4) is 0 Å². The molecule has 0 N–H and O–H groups in total. The Morgan fingerprint density at radius 2 is 1.17 bits per heavy atom. The lowest BCUT2D eigenvalue weighted by Gasteiger charge is -2.08. The molecule has 0 radical (unpaired) electrons. The van der Waals surface area contributed by atoms with Gasteiger partial charge in [0.2, 0.25) is 0 Å². The molecule has 0 amide bonds. The molecule has 0 atom stereocenters. The average molecular weight is 206 g/mol. The first kappa shape index (κ1) is 9.86. The predicted octanol–water partition coefficient (Wildman–Crippen LogP) is 3.16. The molecular weight excluding hydrogens is 198 g/mol. The molecule has 0 aliphatic heterocycles. The van der Waals surface area contributed by atoms with E-state index in [9.17, 15) is 8.78 Å². The summed E-state index contributed by atoms with van der Waals surface area (Å²) in [4.78, 5) is 0.331. The minimum absolute atomic E-state index is 0.0319. The van der Waals surface area contributed by atoms with Crippen LogP contribution in [0.1, 0.15) is 11.1 Å². The first-order valence-electron chi connectivity index (χ1n) is 3.33. The molecule has 0 aliphatic carbocycles. The van der Waals surface area contributed by atoms with E-state index in [4.69, 9.17) is 0 Å². The Morgan fingerprint density at radius 3 is 1.50 bits per heavy atom. The number of thiol groups is 2. The SMILES string of the molecule is Cc1c(F)c(S)c(C)c(S)c1F. The van der Waals surface area contributed by atoms with Crippen LogP contribution in [0.15, 0.2) is 9.79 Å². The van der Waals surface area contributed by atoms with Crippen LogP contribution in [0.5, 0.6) is 0 Å². The van der Waals surface area contributed by atoms with Gasteiger partial charge in [0.15, 0.2) is 0 Å². The molecule has 0 saturated carbocycles. The van der Waals surface area contributed by atoms with Crippen LogP contribution in [0, 0.1) is 25.5 Å². The van der Waals surface area contributed by atoms with Gasteiger partial charge in [-0.05, 0) is 19.4 Å². The monoisotopic (exact) mass is 206 g/mol. The highest BCUT2D eigenvalue weighted by molar-refractivity contribution is 7.81. The van der Waals surface area contributed by atoms with E-state index in [-0.39, 0.29) is 15.4 Å². The van der Waals surface area contributed by atoms with Gasteiger partial charge in [-0.15, -0.1) is 25.3 Å². The molecule has 0 nitrogen and oxygen atoms in total. The third kappa shape index (κ3) is 1.33. The first-order chi connectivity index (χ1) is 5.46. The van der Waals surface area contributed by atoms with Gasteiger partial charge in [0.25, 0.3) is 0 Å². The lowest BCUT2D eigenvalue weighted by atomic mass is 10.1. The topological polar surface area (TPSA) is 0 Å². The Labute approximate surface area is 80.8 Å². The van der Waals surface area contributed by atoms with E-state index in [0.717, 1.165) is 0 Å². The van der Waals surface area contributed by atoms with Crippen molar-refractivity contribution in [1.29, 1.82) is 0 Å². The third-order valence-electron chi connectivity index (χ3n) is 1.78. The van der Waals surface area contributed by atoms with E-state index in [0.29, 0.717) is 5.56 Å². The average Bonchev–Trinajstić information content (AvgIpc) is 2.08. The van der Waals surface area contributed by atoms with Gasteiger partial charge in [-0.25, -0.2) is 8.78 Å². The van der Waals surface area contributed by atoms with E-state index < -0.39 is 11.6 Å². The van der Waals surface area contributed by atoms with Gasteiger partial charge in [0.1, 0.15) is 11.6 Å². The van der Waals surface area contributed by atoms with Crippen LogP contribution in [0.2, 0.25) is 0 Å².